The summed E-state index contributed by atoms with van der Waals surface area (Å²) in [4.78, 5) is 22.7. The molecule has 8 nitrogen and oxygen atoms in total. The van der Waals surface area contributed by atoms with Crippen molar-refractivity contribution in [3.05, 3.63) is 52.8 Å². The second-order valence-electron chi connectivity index (χ2n) is 9.95. The molecule has 5 rings (SSSR count). The standard InChI is InChI=1S/C27H32N6O2/c1-17-8-9-21(24(11-17)35-4)27(34)32-10-6-5-7-23(32)22-12-25-29-26(19(3)15-33(25)30-22)31-14-18(2)20(13-28)16-31/h8-9,11-12,15,18,20,23H,5-7,10,14,16H2,1-4H3/t18-,20+,23-/m0/s1. The summed E-state index contributed by atoms with van der Waals surface area (Å²) >= 11 is 0. The average Bonchev–Trinajstić information content (AvgIpc) is 3.45. The predicted molar refractivity (Wildman–Crippen MR) is 134 cm³/mol. The number of carbonyl (C=O) groups is 1. The summed E-state index contributed by atoms with van der Waals surface area (Å²) in [7, 11) is 1.60. The number of aryl methyl sites for hydroxylation is 2. The minimum Gasteiger partial charge on any atom is -0.496 e. The minimum absolute atomic E-state index is 0.0217. The monoisotopic (exact) mass is 472 g/mol. The van der Waals surface area contributed by atoms with Crippen molar-refractivity contribution in [1.82, 2.24) is 19.5 Å². The Bertz CT molecular complexity index is 1310. The van der Waals surface area contributed by atoms with Crippen molar-refractivity contribution in [3.63, 3.8) is 0 Å². The van der Waals surface area contributed by atoms with Gasteiger partial charge in [0.2, 0.25) is 0 Å². The highest BCUT2D eigenvalue weighted by Crippen LogP contribution is 2.35. The lowest BCUT2D eigenvalue weighted by molar-refractivity contribution is 0.0602. The highest BCUT2D eigenvalue weighted by atomic mass is 16.5. The topological polar surface area (TPSA) is 86.8 Å². The lowest BCUT2D eigenvalue weighted by Crippen LogP contribution is -2.38. The smallest absolute Gasteiger partial charge is 0.258 e. The van der Waals surface area contributed by atoms with E-state index in [4.69, 9.17) is 14.8 Å². The number of piperidine rings is 1. The Morgan fingerprint density at radius 2 is 2.03 bits per heavy atom. The van der Waals surface area contributed by atoms with Crippen LogP contribution in [0.4, 0.5) is 5.82 Å². The van der Waals surface area contributed by atoms with Crippen LogP contribution in [0.2, 0.25) is 0 Å². The Kier molecular flexibility index (Phi) is 6.10. The van der Waals surface area contributed by atoms with Gasteiger partial charge >= 0.3 is 0 Å². The number of ether oxygens (including phenoxy) is 1. The van der Waals surface area contributed by atoms with Gasteiger partial charge in [-0.25, -0.2) is 9.50 Å². The molecule has 8 heteroatoms. The number of carbonyl (C=O) groups excluding carboxylic acids is 1. The maximum atomic E-state index is 13.6. The van der Waals surface area contributed by atoms with Gasteiger partial charge in [-0.15, -0.1) is 0 Å². The van der Waals surface area contributed by atoms with Crippen LogP contribution in [0.1, 0.15) is 59.4 Å². The first-order chi connectivity index (χ1) is 16.9. The number of hydrogen-bond acceptors (Lipinski definition) is 6. The van der Waals surface area contributed by atoms with Gasteiger partial charge in [-0.3, -0.25) is 4.79 Å². The van der Waals surface area contributed by atoms with Crippen LogP contribution in [-0.2, 0) is 0 Å². The van der Waals surface area contributed by atoms with E-state index in [2.05, 4.69) is 17.9 Å². The molecule has 0 unspecified atom stereocenters. The zero-order valence-corrected chi connectivity index (χ0v) is 20.9. The third kappa shape index (κ3) is 4.20. The normalized spacial score (nSPS) is 22.4. The quantitative estimate of drug-likeness (QED) is 0.562. The van der Waals surface area contributed by atoms with E-state index in [1.165, 1.54) is 0 Å². The molecule has 2 saturated heterocycles. The zero-order valence-electron chi connectivity index (χ0n) is 20.9. The molecule has 0 bridgehead atoms. The molecule has 35 heavy (non-hydrogen) atoms. The van der Waals surface area contributed by atoms with Gasteiger partial charge in [0.1, 0.15) is 11.6 Å². The highest BCUT2D eigenvalue weighted by Gasteiger charge is 2.33. The molecule has 0 N–H and O–H groups in total. The molecular formula is C27H32N6O2. The van der Waals surface area contributed by atoms with Crippen molar-refractivity contribution in [2.24, 2.45) is 11.8 Å². The van der Waals surface area contributed by atoms with Crippen LogP contribution in [0, 0.1) is 37.0 Å². The van der Waals surface area contributed by atoms with Gasteiger partial charge in [0.25, 0.3) is 5.91 Å². The number of nitrogens with zero attached hydrogens (tertiary/aromatic N) is 6. The number of methoxy groups -OCH3 is 1. The lowest BCUT2D eigenvalue weighted by atomic mass is 9.97. The van der Waals surface area contributed by atoms with Crippen LogP contribution in [-0.4, -0.2) is 52.1 Å². The molecule has 2 fully saturated rings. The summed E-state index contributed by atoms with van der Waals surface area (Å²) in [5.74, 6) is 1.83. The summed E-state index contributed by atoms with van der Waals surface area (Å²) in [6, 6.07) is 10.0. The molecule has 0 aliphatic carbocycles. The highest BCUT2D eigenvalue weighted by molar-refractivity contribution is 5.97. The Hall–Kier alpha value is -3.60. The molecule has 4 heterocycles. The summed E-state index contributed by atoms with van der Waals surface area (Å²) in [5.41, 5.74) is 4.29. The maximum absolute atomic E-state index is 13.6. The van der Waals surface area contributed by atoms with E-state index in [1.54, 1.807) is 7.11 Å². The number of rotatable bonds is 4. The maximum Gasteiger partial charge on any atom is 0.258 e. The van der Waals surface area contributed by atoms with E-state index >= 15 is 0 Å². The molecule has 0 spiro atoms. The Morgan fingerprint density at radius 3 is 2.77 bits per heavy atom. The van der Waals surface area contributed by atoms with Crippen molar-refractivity contribution in [3.8, 4) is 11.8 Å². The second kappa shape index (κ2) is 9.21. The molecule has 0 saturated carbocycles. The molecule has 3 aromatic rings. The van der Waals surface area contributed by atoms with E-state index in [0.29, 0.717) is 30.3 Å². The van der Waals surface area contributed by atoms with Crippen LogP contribution in [0.15, 0.2) is 30.5 Å². The number of amides is 1. The van der Waals surface area contributed by atoms with E-state index < -0.39 is 0 Å². The fraction of sp³-hybridized carbons (Fsp3) is 0.481. The van der Waals surface area contributed by atoms with Crippen molar-refractivity contribution in [1.29, 1.82) is 5.26 Å². The van der Waals surface area contributed by atoms with Crippen molar-refractivity contribution in [2.75, 3.05) is 31.6 Å². The van der Waals surface area contributed by atoms with Gasteiger partial charge in [0.05, 0.1) is 36.4 Å². The Labute approximate surface area is 206 Å². The Balaban J connectivity index is 1.47. The van der Waals surface area contributed by atoms with Crippen LogP contribution in [0.3, 0.4) is 0 Å². The molecule has 2 aliphatic heterocycles. The lowest BCUT2D eigenvalue weighted by Gasteiger charge is -2.35. The average molecular weight is 473 g/mol. The number of fused-ring (bicyclic) bond motifs is 1. The fourth-order valence-corrected chi connectivity index (χ4v) is 5.42. The van der Waals surface area contributed by atoms with Crippen molar-refractivity contribution in [2.45, 2.75) is 46.1 Å². The molecule has 1 amide bonds. The van der Waals surface area contributed by atoms with E-state index in [9.17, 15) is 10.1 Å². The number of likely N-dealkylation sites (tertiary alicyclic amines) is 1. The van der Waals surface area contributed by atoms with Gasteiger partial charge in [0, 0.05) is 37.5 Å². The summed E-state index contributed by atoms with van der Waals surface area (Å²) in [6.07, 6.45) is 4.89. The van der Waals surface area contributed by atoms with E-state index in [0.717, 1.165) is 54.1 Å². The van der Waals surface area contributed by atoms with Gasteiger partial charge in [-0.05, 0) is 56.7 Å². The summed E-state index contributed by atoms with van der Waals surface area (Å²) in [5, 5.41) is 14.3. The largest absolute Gasteiger partial charge is 0.496 e. The summed E-state index contributed by atoms with van der Waals surface area (Å²) in [6.45, 7) is 8.36. The van der Waals surface area contributed by atoms with Crippen LogP contribution < -0.4 is 9.64 Å². The second-order valence-corrected chi connectivity index (χ2v) is 9.95. The zero-order chi connectivity index (χ0) is 24.7. The molecule has 182 valence electrons. The van der Waals surface area contributed by atoms with Crippen LogP contribution >= 0.6 is 0 Å². The first kappa shape index (κ1) is 23.2. The fourth-order valence-electron chi connectivity index (χ4n) is 5.42. The van der Waals surface area contributed by atoms with E-state index in [1.807, 2.05) is 53.7 Å². The van der Waals surface area contributed by atoms with Gasteiger partial charge in [-0.1, -0.05) is 13.0 Å². The number of hydrogen-bond donors (Lipinski definition) is 0. The van der Waals surface area contributed by atoms with Crippen LogP contribution in [0.25, 0.3) is 5.65 Å². The minimum atomic E-state index is -0.109. The predicted octanol–water partition coefficient (Wildman–Crippen LogP) is 4.32. The molecule has 1 aromatic carbocycles. The van der Waals surface area contributed by atoms with Gasteiger partial charge in [-0.2, -0.15) is 10.4 Å². The number of aromatic nitrogens is 3. The van der Waals surface area contributed by atoms with Gasteiger partial charge < -0.3 is 14.5 Å². The first-order valence-corrected chi connectivity index (χ1v) is 12.4. The third-order valence-electron chi connectivity index (χ3n) is 7.39. The van der Waals surface area contributed by atoms with Crippen LogP contribution in [0.5, 0.6) is 5.75 Å². The molecular weight excluding hydrogens is 440 g/mol. The molecule has 3 atom stereocenters. The number of nitriles is 1. The SMILES string of the molecule is COc1cc(C)ccc1C(=O)N1CCCC[C@H]1c1cc2nc(N3C[C@@H](C#N)[C@@H](C)C3)c(C)cn2n1. The third-order valence-corrected chi connectivity index (χ3v) is 7.39. The number of anilines is 1. The van der Waals surface area contributed by atoms with Gasteiger partial charge in [0.15, 0.2) is 5.65 Å². The molecule has 2 aliphatic rings. The van der Waals surface area contributed by atoms with Crippen molar-refractivity contribution < 1.29 is 9.53 Å². The molecule has 2 aromatic heterocycles. The summed E-state index contributed by atoms with van der Waals surface area (Å²) < 4.78 is 7.34. The van der Waals surface area contributed by atoms with E-state index in [-0.39, 0.29) is 17.9 Å². The van der Waals surface area contributed by atoms with Crippen molar-refractivity contribution >= 4 is 17.4 Å². The number of benzene rings is 1. The molecule has 0 radical (unpaired) electrons. The first-order valence-electron chi connectivity index (χ1n) is 12.4. The Morgan fingerprint density at radius 1 is 1.20 bits per heavy atom.